The Hall–Kier alpha value is -3.32. The molecule has 174 valence electrons. The molecule has 2 amide bonds. The van der Waals surface area contributed by atoms with Gasteiger partial charge in [-0.3, -0.25) is 9.59 Å². The number of nitrogens with one attached hydrogen (secondary N) is 2. The van der Waals surface area contributed by atoms with E-state index in [4.69, 9.17) is 34.8 Å². The predicted octanol–water partition coefficient (Wildman–Crippen LogP) is 5.63. The lowest BCUT2D eigenvalue weighted by Gasteiger charge is -2.13. The van der Waals surface area contributed by atoms with Gasteiger partial charge in [-0.2, -0.15) is 5.10 Å². The maximum Gasteiger partial charge on any atom is 0.287 e. The monoisotopic (exact) mass is 514 g/mol. The van der Waals surface area contributed by atoms with Gasteiger partial charge in [-0.1, -0.05) is 65.1 Å². The van der Waals surface area contributed by atoms with E-state index in [9.17, 15) is 9.59 Å². The highest BCUT2D eigenvalue weighted by Gasteiger charge is 2.16. The second-order valence-corrected chi connectivity index (χ2v) is 8.57. The third-order valence-electron chi connectivity index (χ3n) is 4.66. The molecule has 3 rings (SSSR count). The number of amides is 2. The second kappa shape index (κ2) is 11.7. The summed E-state index contributed by atoms with van der Waals surface area (Å²) < 4.78 is 0. The lowest BCUT2D eigenvalue weighted by atomic mass is 10.1. The summed E-state index contributed by atoms with van der Waals surface area (Å²) in [5, 5.41) is 7.64. The molecule has 0 aromatic heterocycles. The molecule has 9 heteroatoms. The first kappa shape index (κ1) is 25.3. The van der Waals surface area contributed by atoms with Crippen molar-refractivity contribution in [3.63, 3.8) is 0 Å². The maximum absolute atomic E-state index is 12.9. The molecular formula is C25H21Cl3N4O2. The van der Waals surface area contributed by atoms with Gasteiger partial charge >= 0.3 is 0 Å². The third-order valence-corrected chi connectivity index (χ3v) is 5.72. The molecule has 0 saturated heterocycles. The number of hydrazone groups is 1. The van der Waals surface area contributed by atoms with Crippen molar-refractivity contribution in [2.45, 2.75) is 0 Å². The lowest BCUT2D eigenvalue weighted by Crippen LogP contribution is -2.33. The van der Waals surface area contributed by atoms with Crippen LogP contribution in [0.25, 0.3) is 6.08 Å². The summed E-state index contributed by atoms with van der Waals surface area (Å²) in [5.74, 6) is -1.14. The molecule has 0 aliphatic heterocycles. The van der Waals surface area contributed by atoms with Crippen LogP contribution in [-0.4, -0.2) is 32.1 Å². The number of carbonyl (C=O) groups excluding carboxylic acids is 2. The average Bonchev–Trinajstić information content (AvgIpc) is 2.81. The second-order valence-electron chi connectivity index (χ2n) is 7.35. The summed E-state index contributed by atoms with van der Waals surface area (Å²) in [5.41, 5.74) is 5.00. The quantitative estimate of drug-likeness (QED) is 0.243. The number of hydrogen-bond donors (Lipinski definition) is 2. The first-order valence-electron chi connectivity index (χ1n) is 10.1. The van der Waals surface area contributed by atoms with E-state index in [1.54, 1.807) is 48.5 Å². The van der Waals surface area contributed by atoms with E-state index in [0.29, 0.717) is 21.2 Å². The fourth-order valence-corrected chi connectivity index (χ4v) is 3.38. The number of carbonyl (C=O) groups is 2. The van der Waals surface area contributed by atoms with Gasteiger partial charge in [0.15, 0.2) is 0 Å². The number of anilines is 1. The van der Waals surface area contributed by atoms with Crippen LogP contribution in [0.4, 0.5) is 5.69 Å². The van der Waals surface area contributed by atoms with Gasteiger partial charge < -0.3 is 10.2 Å². The minimum Gasteiger partial charge on any atom is -0.378 e. The first-order chi connectivity index (χ1) is 16.2. The Labute approximate surface area is 212 Å². The summed E-state index contributed by atoms with van der Waals surface area (Å²) >= 11 is 18.1. The van der Waals surface area contributed by atoms with Crippen LogP contribution in [0.15, 0.2) is 77.5 Å². The highest BCUT2D eigenvalue weighted by molar-refractivity contribution is 6.42. The average molecular weight is 516 g/mol. The van der Waals surface area contributed by atoms with Gasteiger partial charge in [0.05, 0.1) is 26.8 Å². The van der Waals surface area contributed by atoms with Crippen LogP contribution in [0, 0.1) is 0 Å². The number of rotatable bonds is 7. The van der Waals surface area contributed by atoms with Gasteiger partial charge in [-0.05, 0) is 53.6 Å². The van der Waals surface area contributed by atoms with Gasteiger partial charge in [-0.15, -0.1) is 0 Å². The number of nitrogens with zero attached hydrogens (tertiary/aromatic N) is 2. The standard InChI is InChI=1S/C25H21Cl3N4O2/c1-32(2)18-10-7-16(8-11-18)14-23(30-24(33)19-5-3-4-6-20(19)26)25(34)31-29-15-17-9-12-21(27)22(28)13-17/h3-15H,1-2H3,(H,30,33)(H,31,34)/b23-14+,29-15+. The molecule has 0 spiro atoms. The number of benzene rings is 3. The van der Waals surface area contributed by atoms with Crippen LogP contribution in [-0.2, 0) is 4.79 Å². The van der Waals surface area contributed by atoms with Crippen molar-refractivity contribution >= 4 is 64.6 Å². The zero-order valence-electron chi connectivity index (χ0n) is 18.4. The molecule has 0 radical (unpaired) electrons. The summed E-state index contributed by atoms with van der Waals surface area (Å²) in [6, 6.07) is 19.0. The molecular weight excluding hydrogens is 495 g/mol. The highest BCUT2D eigenvalue weighted by atomic mass is 35.5. The minimum atomic E-state index is -0.617. The summed E-state index contributed by atoms with van der Waals surface area (Å²) in [6.07, 6.45) is 2.97. The normalized spacial score (nSPS) is 11.4. The summed E-state index contributed by atoms with van der Waals surface area (Å²) in [4.78, 5) is 27.6. The molecule has 0 aliphatic carbocycles. The summed E-state index contributed by atoms with van der Waals surface area (Å²) in [6.45, 7) is 0. The van der Waals surface area contributed by atoms with Crippen molar-refractivity contribution < 1.29 is 9.59 Å². The van der Waals surface area contributed by atoms with Crippen molar-refractivity contribution in [1.82, 2.24) is 10.7 Å². The first-order valence-corrected chi connectivity index (χ1v) is 11.2. The van der Waals surface area contributed by atoms with Crippen molar-refractivity contribution in [3.05, 3.63) is 104 Å². The molecule has 0 fully saturated rings. The minimum absolute atomic E-state index is 0.00573. The fraction of sp³-hybridized carbons (Fsp3) is 0.0800. The Kier molecular flexibility index (Phi) is 8.71. The van der Waals surface area contributed by atoms with Gasteiger partial charge in [0.2, 0.25) is 0 Å². The molecule has 0 unspecified atom stereocenters. The van der Waals surface area contributed by atoms with E-state index < -0.39 is 11.8 Å². The molecule has 0 heterocycles. The fourth-order valence-electron chi connectivity index (χ4n) is 2.85. The topological polar surface area (TPSA) is 73.8 Å². The lowest BCUT2D eigenvalue weighted by molar-refractivity contribution is -0.117. The van der Waals surface area contributed by atoms with Gasteiger partial charge in [0, 0.05) is 19.8 Å². The van der Waals surface area contributed by atoms with Crippen LogP contribution >= 0.6 is 34.8 Å². The smallest absolute Gasteiger partial charge is 0.287 e. The maximum atomic E-state index is 12.9. The van der Waals surface area contributed by atoms with Crippen molar-refractivity contribution in [3.8, 4) is 0 Å². The van der Waals surface area contributed by atoms with Crippen molar-refractivity contribution in [1.29, 1.82) is 0 Å². The van der Waals surface area contributed by atoms with Crippen molar-refractivity contribution in [2.24, 2.45) is 5.10 Å². The molecule has 2 N–H and O–H groups in total. The van der Waals surface area contributed by atoms with E-state index in [2.05, 4.69) is 15.8 Å². The Balaban J connectivity index is 1.84. The van der Waals surface area contributed by atoms with E-state index in [-0.39, 0.29) is 16.3 Å². The Morgan fingerprint density at radius 3 is 2.18 bits per heavy atom. The largest absolute Gasteiger partial charge is 0.378 e. The molecule has 34 heavy (non-hydrogen) atoms. The summed E-state index contributed by atoms with van der Waals surface area (Å²) in [7, 11) is 3.86. The van der Waals surface area contributed by atoms with E-state index in [0.717, 1.165) is 5.69 Å². The SMILES string of the molecule is CN(C)c1ccc(/C=C(/NC(=O)c2ccccc2Cl)C(=O)N/N=C/c2ccc(Cl)c(Cl)c2)cc1. The molecule has 0 aliphatic rings. The zero-order chi connectivity index (χ0) is 24.7. The van der Waals surface area contributed by atoms with E-state index >= 15 is 0 Å². The van der Waals surface area contributed by atoms with Gasteiger partial charge in [-0.25, -0.2) is 5.43 Å². The number of halogens is 3. The zero-order valence-corrected chi connectivity index (χ0v) is 20.6. The molecule has 0 atom stereocenters. The molecule has 0 saturated carbocycles. The molecule has 3 aromatic rings. The van der Waals surface area contributed by atoms with Crippen LogP contribution in [0.2, 0.25) is 15.1 Å². The molecule has 0 bridgehead atoms. The van der Waals surface area contributed by atoms with E-state index in [1.165, 1.54) is 6.21 Å². The van der Waals surface area contributed by atoms with Gasteiger partial charge in [0.1, 0.15) is 5.70 Å². The third kappa shape index (κ3) is 6.84. The van der Waals surface area contributed by atoms with Crippen LogP contribution in [0.1, 0.15) is 21.5 Å². The van der Waals surface area contributed by atoms with E-state index in [1.807, 2.05) is 43.3 Å². The van der Waals surface area contributed by atoms with Crippen LogP contribution < -0.4 is 15.6 Å². The van der Waals surface area contributed by atoms with Crippen LogP contribution in [0.3, 0.4) is 0 Å². The van der Waals surface area contributed by atoms with Crippen molar-refractivity contribution in [2.75, 3.05) is 19.0 Å². The predicted molar refractivity (Wildman–Crippen MR) is 140 cm³/mol. The Morgan fingerprint density at radius 2 is 1.53 bits per heavy atom. The van der Waals surface area contributed by atoms with Crippen LogP contribution in [0.5, 0.6) is 0 Å². The Bertz CT molecular complexity index is 1260. The molecule has 3 aromatic carbocycles. The highest BCUT2D eigenvalue weighted by Crippen LogP contribution is 2.22. The Morgan fingerprint density at radius 1 is 0.853 bits per heavy atom. The number of hydrogen-bond acceptors (Lipinski definition) is 4. The molecule has 6 nitrogen and oxygen atoms in total. The van der Waals surface area contributed by atoms with Gasteiger partial charge in [0.25, 0.3) is 11.8 Å².